The lowest BCUT2D eigenvalue weighted by molar-refractivity contribution is -0.277. The van der Waals surface area contributed by atoms with E-state index in [1.54, 1.807) is 0 Å². The maximum Gasteiger partial charge on any atom is 0.229 e. The molecule has 0 radical (unpaired) electrons. The first kappa shape index (κ1) is 22.6. The van der Waals surface area contributed by atoms with E-state index in [1.807, 2.05) is 0 Å². The number of phenolic OH excluding ortho intramolecular Hbond substituents is 4. The van der Waals surface area contributed by atoms with E-state index in [9.17, 15) is 45.6 Å². The number of aromatic hydroxyl groups is 4. The maximum atomic E-state index is 12.6. The minimum atomic E-state index is -1.71. The molecule has 0 amide bonds. The fourth-order valence-corrected chi connectivity index (χ4v) is 3.51. The Morgan fingerprint density at radius 1 is 0.818 bits per heavy atom. The van der Waals surface area contributed by atoms with Crippen LogP contribution in [0, 0.1) is 0 Å². The van der Waals surface area contributed by atoms with Gasteiger partial charge in [-0.2, -0.15) is 0 Å². The predicted octanol–water partition coefficient (Wildman–Crippen LogP) is -0.539. The first-order valence-electron chi connectivity index (χ1n) is 9.64. The molecule has 33 heavy (non-hydrogen) atoms. The van der Waals surface area contributed by atoms with Gasteiger partial charge in [0.25, 0.3) is 0 Å². The fourth-order valence-electron chi connectivity index (χ4n) is 3.51. The molecule has 12 nitrogen and oxygen atoms in total. The Bertz CT molecular complexity index is 1250. The Morgan fingerprint density at radius 3 is 2.21 bits per heavy atom. The van der Waals surface area contributed by atoms with Gasteiger partial charge in [0.2, 0.25) is 6.29 Å². The third-order valence-electron chi connectivity index (χ3n) is 5.24. The molecule has 1 aromatic heterocycles. The zero-order valence-electron chi connectivity index (χ0n) is 16.7. The second-order valence-electron chi connectivity index (χ2n) is 7.46. The van der Waals surface area contributed by atoms with Crippen LogP contribution in [0.1, 0.15) is 0 Å². The summed E-state index contributed by atoms with van der Waals surface area (Å²) in [5, 5.41) is 78.5. The molecule has 5 atom stereocenters. The SMILES string of the molecule is O=c1cc(-c2cc(O)c(O)cc2O)oc2cc(O[C@@H]3O[C@@H](CO)[C@@H](O)[C@H](O)[C@H]3O)cc(O)c12. The summed E-state index contributed by atoms with van der Waals surface area (Å²) >= 11 is 0. The van der Waals surface area contributed by atoms with E-state index >= 15 is 0 Å². The summed E-state index contributed by atoms with van der Waals surface area (Å²) in [6.45, 7) is -0.672. The minimum absolute atomic E-state index is 0.121. The van der Waals surface area contributed by atoms with Crippen LogP contribution < -0.4 is 10.2 Å². The standard InChI is InChI=1S/C21H20O12/c22-6-16-18(28)19(29)20(30)21(33-16)31-7-1-12(26)17-13(27)5-14(32-15(17)2-7)8-3-10(24)11(25)4-9(8)23/h1-5,16,18-26,28-30H,6H2/t16-,18+,19-,20+,21+/m0/s1. The lowest BCUT2D eigenvalue weighted by Gasteiger charge is -2.39. The molecule has 2 heterocycles. The third kappa shape index (κ3) is 4.01. The van der Waals surface area contributed by atoms with Crippen molar-refractivity contribution in [1.82, 2.24) is 0 Å². The monoisotopic (exact) mass is 464 g/mol. The number of aliphatic hydroxyl groups excluding tert-OH is 4. The number of phenols is 4. The summed E-state index contributed by atoms with van der Waals surface area (Å²) in [4.78, 5) is 12.6. The Hall–Kier alpha value is -3.55. The van der Waals surface area contributed by atoms with Crippen LogP contribution in [0.25, 0.3) is 22.3 Å². The molecule has 12 heteroatoms. The lowest BCUT2D eigenvalue weighted by Crippen LogP contribution is -2.60. The van der Waals surface area contributed by atoms with Crippen LogP contribution in [0.5, 0.6) is 28.7 Å². The topological polar surface area (TPSA) is 211 Å². The second kappa shape index (κ2) is 8.42. The van der Waals surface area contributed by atoms with Crippen molar-refractivity contribution in [2.75, 3.05) is 6.61 Å². The van der Waals surface area contributed by atoms with Crippen molar-refractivity contribution in [3.05, 3.63) is 40.6 Å². The van der Waals surface area contributed by atoms with Gasteiger partial charge in [-0.1, -0.05) is 0 Å². The van der Waals surface area contributed by atoms with Crippen molar-refractivity contribution in [1.29, 1.82) is 0 Å². The van der Waals surface area contributed by atoms with Gasteiger partial charge >= 0.3 is 0 Å². The van der Waals surface area contributed by atoms with Gasteiger partial charge in [0.1, 0.15) is 58.4 Å². The van der Waals surface area contributed by atoms with Crippen LogP contribution in [0.3, 0.4) is 0 Å². The normalized spacial score (nSPS) is 25.3. The van der Waals surface area contributed by atoms with E-state index in [1.165, 1.54) is 6.07 Å². The number of rotatable bonds is 4. The van der Waals surface area contributed by atoms with E-state index in [2.05, 4.69) is 0 Å². The van der Waals surface area contributed by atoms with E-state index in [4.69, 9.17) is 13.9 Å². The van der Waals surface area contributed by atoms with Gasteiger partial charge in [-0.15, -0.1) is 0 Å². The number of ether oxygens (including phenoxy) is 2. The average Bonchev–Trinajstić information content (AvgIpc) is 2.76. The summed E-state index contributed by atoms with van der Waals surface area (Å²) in [7, 11) is 0. The van der Waals surface area contributed by atoms with Gasteiger partial charge in [-0.05, 0) is 6.07 Å². The van der Waals surface area contributed by atoms with E-state index in [-0.39, 0.29) is 28.0 Å². The van der Waals surface area contributed by atoms with Crippen molar-refractivity contribution >= 4 is 11.0 Å². The molecule has 0 aliphatic carbocycles. The molecule has 176 valence electrons. The lowest BCUT2D eigenvalue weighted by atomic mass is 9.99. The minimum Gasteiger partial charge on any atom is -0.507 e. The Labute approximate surface area is 184 Å². The summed E-state index contributed by atoms with van der Waals surface area (Å²) in [5.74, 6) is -2.58. The Morgan fingerprint density at radius 2 is 1.52 bits per heavy atom. The highest BCUT2D eigenvalue weighted by Crippen LogP contribution is 2.39. The number of aliphatic hydroxyl groups is 4. The van der Waals surface area contributed by atoms with E-state index in [0.717, 1.165) is 24.3 Å². The smallest absolute Gasteiger partial charge is 0.229 e. The van der Waals surface area contributed by atoms with Gasteiger partial charge in [0, 0.05) is 24.3 Å². The molecule has 1 aliphatic heterocycles. The zero-order chi connectivity index (χ0) is 24.0. The fraction of sp³-hybridized carbons (Fsp3) is 0.286. The summed E-state index contributed by atoms with van der Waals surface area (Å²) < 4.78 is 16.3. The maximum absolute atomic E-state index is 12.6. The van der Waals surface area contributed by atoms with Gasteiger partial charge in [-0.25, -0.2) is 0 Å². The highest BCUT2D eigenvalue weighted by molar-refractivity contribution is 5.86. The molecule has 4 rings (SSSR count). The van der Waals surface area contributed by atoms with Crippen LogP contribution in [0.2, 0.25) is 0 Å². The number of fused-ring (bicyclic) bond motifs is 1. The van der Waals surface area contributed by atoms with Crippen LogP contribution in [0.15, 0.2) is 39.5 Å². The zero-order valence-corrected chi connectivity index (χ0v) is 16.7. The largest absolute Gasteiger partial charge is 0.507 e. The molecule has 0 saturated carbocycles. The van der Waals surface area contributed by atoms with Gasteiger partial charge in [-0.3, -0.25) is 4.79 Å². The van der Waals surface area contributed by atoms with Crippen molar-refractivity contribution in [3.8, 4) is 40.1 Å². The molecule has 8 N–H and O–H groups in total. The summed E-state index contributed by atoms with van der Waals surface area (Å²) in [5.41, 5.74) is -1.02. The van der Waals surface area contributed by atoms with Crippen molar-refractivity contribution in [3.63, 3.8) is 0 Å². The van der Waals surface area contributed by atoms with Crippen molar-refractivity contribution in [2.45, 2.75) is 30.7 Å². The molecule has 0 unspecified atom stereocenters. The van der Waals surface area contributed by atoms with E-state index < -0.39 is 65.7 Å². The van der Waals surface area contributed by atoms with Crippen LogP contribution in [-0.4, -0.2) is 78.2 Å². The van der Waals surface area contributed by atoms with Crippen molar-refractivity contribution < 1.29 is 54.7 Å². The van der Waals surface area contributed by atoms with Crippen LogP contribution in [-0.2, 0) is 4.74 Å². The summed E-state index contributed by atoms with van der Waals surface area (Å²) in [6, 6.07) is 4.99. The molecule has 0 bridgehead atoms. The van der Waals surface area contributed by atoms with Crippen LogP contribution in [0.4, 0.5) is 0 Å². The number of hydrogen-bond acceptors (Lipinski definition) is 12. The molecule has 3 aromatic rings. The third-order valence-corrected chi connectivity index (χ3v) is 5.24. The highest BCUT2D eigenvalue weighted by atomic mass is 16.7. The molecule has 1 aliphatic rings. The molecule has 2 aromatic carbocycles. The Balaban J connectivity index is 1.75. The van der Waals surface area contributed by atoms with Crippen LogP contribution >= 0.6 is 0 Å². The molecular formula is C21H20O12. The quantitative estimate of drug-likeness (QED) is 0.181. The number of benzene rings is 2. The van der Waals surface area contributed by atoms with Crippen molar-refractivity contribution in [2.24, 2.45) is 0 Å². The average molecular weight is 464 g/mol. The molecule has 0 spiro atoms. The number of hydrogen-bond donors (Lipinski definition) is 8. The van der Waals surface area contributed by atoms with Gasteiger partial charge in [0.05, 0.1) is 12.2 Å². The molecular weight excluding hydrogens is 444 g/mol. The van der Waals surface area contributed by atoms with E-state index in [0.29, 0.717) is 0 Å². The molecule has 1 fully saturated rings. The van der Waals surface area contributed by atoms with Gasteiger partial charge in [0.15, 0.2) is 16.9 Å². The second-order valence-corrected chi connectivity index (χ2v) is 7.46. The predicted molar refractivity (Wildman–Crippen MR) is 109 cm³/mol. The first-order valence-corrected chi connectivity index (χ1v) is 9.64. The van der Waals surface area contributed by atoms with Gasteiger partial charge < -0.3 is 54.7 Å². The Kier molecular flexibility index (Phi) is 5.78. The molecule has 1 saturated heterocycles. The first-order chi connectivity index (χ1) is 15.6. The highest BCUT2D eigenvalue weighted by Gasteiger charge is 2.44. The summed E-state index contributed by atoms with van der Waals surface area (Å²) in [6.07, 6.45) is -7.77.